The molecule has 2 N–H and O–H groups in total. The summed E-state index contributed by atoms with van der Waals surface area (Å²) in [5, 5.41) is 0. The number of ether oxygens (including phenoxy) is 1. The molecule has 0 radical (unpaired) electrons. The number of hydrogen-bond acceptors (Lipinski definition) is 5. The van der Waals surface area contributed by atoms with E-state index in [4.69, 9.17) is 10.5 Å². The van der Waals surface area contributed by atoms with Crippen molar-refractivity contribution >= 4 is 17.3 Å². The van der Waals surface area contributed by atoms with E-state index in [0.29, 0.717) is 17.9 Å². The zero-order valence-corrected chi connectivity index (χ0v) is 13.3. The fourth-order valence-electron chi connectivity index (χ4n) is 2.72. The minimum atomic E-state index is -0.309. The molecule has 116 valence electrons. The number of anilines is 2. The fraction of sp³-hybridized carbons (Fsp3) is 0.562. The van der Waals surface area contributed by atoms with Crippen molar-refractivity contribution in [2.75, 3.05) is 43.9 Å². The Balaban J connectivity index is 2.37. The van der Waals surface area contributed by atoms with Gasteiger partial charge in [0, 0.05) is 25.2 Å². The molecule has 1 heterocycles. The van der Waals surface area contributed by atoms with E-state index in [1.807, 2.05) is 13.0 Å². The number of piperazine rings is 1. The summed E-state index contributed by atoms with van der Waals surface area (Å²) in [6.07, 6.45) is 0. The number of carbonyl (C=O) groups excluding carboxylic acids is 1. The third-order valence-electron chi connectivity index (χ3n) is 4.20. The summed E-state index contributed by atoms with van der Waals surface area (Å²) in [4.78, 5) is 16.7. The summed E-state index contributed by atoms with van der Waals surface area (Å²) in [5.41, 5.74) is 8.16. The summed E-state index contributed by atoms with van der Waals surface area (Å²) < 4.78 is 5.16. The second kappa shape index (κ2) is 5.93. The Bertz CT molecular complexity index is 528. The molecule has 5 nitrogen and oxygen atoms in total. The Morgan fingerprint density at radius 1 is 1.38 bits per heavy atom. The molecule has 1 aromatic carbocycles. The Labute approximate surface area is 126 Å². The van der Waals surface area contributed by atoms with Crippen molar-refractivity contribution in [2.45, 2.75) is 26.3 Å². The monoisotopic (exact) mass is 291 g/mol. The normalized spacial score (nSPS) is 18.6. The van der Waals surface area contributed by atoms with Gasteiger partial charge in [-0.1, -0.05) is 6.07 Å². The van der Waals surface area contributed by atoms with Crippen LogP contribution in [0.15, 0.2) is 18.2 Å². The molecule has 1 saturated heterocycles. The van der Waals surface area contributed by atoms with Crippen LogP contribution in [0.25, 0.3) is 0 Å². The van der Waals surface area contributed by atoms with Crippen LogP contribution in [0.5, 0.6) is 0 Å². The van der Waals surface area contributed by atoms with Crippen LogP contribution < -0.4 is 10.6 Å². The fourth-order valence-corrected chi connectivity index (χ4v) is 2.72. The topological polar surface area (TPSA) is 58.8 Å². The molecule has 0 spiro atoms. The van der Waals surface area contributed by atoms with E-state index in [1.165, 1.54) is 0 Å². The molecule has 1 aliphatic heterocycles. The first-order valence-electron chi connectivity index (χ1n) is 7.38. The van der Waals surface area contributed by atoms with Gasteiger partial charge >= 0.3 is 5.97 Å². The molecule has 1 aliphatic rings. The van der Waals surface area contributed by atoms with Crippen LogP contribution in [0, 0.1) is 0 Å². The molecule has 0 bridgehead atoms. The highest BCUT2D eigenvalue weighted by Crippen LogP contribution is 2.32. The molecule has 21 heavy (non-hydrogen) atoms. The van der Waals surface area contributed by atoms with Crippen LogP contribution in [-0.4, -0.2) is 49.7 Å². The maximum Gasteiger partial charge on any atom is 0.340 e. The van der Waals surface area contributed by atoms with Crippen LogP contribution in [0.2, 0.25) is 0 Å². The van der Waals surface area contributed by atoms with Crippen molar-refractivity contribution in [2.24, 2.45) is 0 Å². The van der Waals surface area contributed by atoms with Gasteiger partial charge in [-0.05, 0) is 40.0 Å². The minimum Gasteiger partial charge on any atom is -0.462 e. The maximum atomic E-state index is 12.2. The Kier molecular flexibility index (Phi) is 4.42. The van der Waals surface area contributed by atoms with Gasteiger partial charge in [0.15, 0.2) is 0 Å². The Hall–Kier alpha value is -1.75. The number of para-hydroxylation sites is 1. The summed E-state index contributed by atoms with van der Waals surface area (Å²) in [6, 6.07) is 5.42. The summed E-state index contributed by atoms with van der Waals surface area (Å²) >= 11 is 0. The second-order valence-electron chi connectivity index (χ2n) is 6.12. The molecule has 0 aromatic heterocycles. The Morgan fingerprint density at radius 2 is 2.10 bits per heavy atom. The van der Waals surface area contributed by atoms with E-state index in [9.17, 15) is 4.79 Å². The number of likely N-dealkylation sites (N-methyl/N-ethyl adjacent to an activating group) is 1. The van der Waals surface area contributed by atoms with E-state index < -0.39 is 0 Å². The van der Waals surface area contributed by atoms with E-state index in [1.54, 1.807) is 12.1 Å². The van der Waals surface area contributed by atoms with Gasteiger partial charge in [0.2, 0.25) is 0 Å². The average molecular weight is 291 g/mol. The van der Waals surface area contributed by atoms with Crippen molar-refractivity contribution in [3.63, 3.8) is 0 Å². The van der Waals surface area contributed by atoms with Crippen LogP contribution in [0.1, 0.15) is 31.1 Å². The van der Waals surface area contributed by atoms with Gasteiger partial charge in [0.1, 0.15) is 0 Å². The average Bonchev–Trinajstić information content (AvgIpc) is 2.42. The molecular weight excluding hydrogens is 266 g/mol. The van der Waals surface area contributed by atoms with Gasteiger partial charge in [0.05, 0.1) is 23.5 Å². The van der Waals surface area contributed by atoms with Crippen molar-refractivity contribution in [3.05, 3.63) is 23.8 Å². The van der Waals surface area contributed by atoms with E-state index in [-0.39, 0.29) is 11.5 Å². The van der Waals surface area contributed by atoms with Gasteiger partial charge in [-0.3, -0.25) is 4.90 Å². The number of carbonyl (C=O) groups is 1. The lowest BCUT2D eigenvalue weighted by Crippen LogP contribution is -2.58. The lowest BCUT2D eigenvalue weighted by Gasteiger charge is -2.46. The highest BCUT2D eigenvalue weighted by Gasteiger charge is 2.33. The first-order chi connectivity index (χ1) is 9.86. The minimum absolute atomic E-state index is 0.0342. The molecule has 0 amide bonds. The van der Waals surface area contributed by atoms with Crippen molar-refractivity contribution < 1.29 is 9.53 Å². The van der Waals surface area contributed by atoms with Crippen molar-refractivity contribution in [1.29, 1.82) is 0 Å². The van der Waals surface area contributed by atoms with Gasteiger partial charge in [0.25, 0.3) is 0 Å². The predicted molar refractivity (Wildman–Crippen MR) is 85.7 cm³/mol. The molecule has 0 atom stereocenters. The van der Waals surface area contributed by atoms with Crippen LogP contribution in [0.3, 0.4) is 0 Å². The third kappa shape index (κ3) is 3.13. The zero-order chi connectivity index (χ0) is 15.6. The van der Waals surface area contributed by atoms with Crippen LogP contribution in [-0.2, 0) is 4.74 Å². The van der Waals surface area contributed by atoms with Crippen molar-refractivity contribution in [3.8, 4) is 0 Å². The van der Waals surface area contributed by atoms with Crippen LogP contribution in [0.4, 0.5) is 11.4 Å². The molecule has 1 aromatic rings. The van der Waals surface area contributed by atoms with Crippen molar-refractivity contribution in [1.82, 2.24) is 4.90 Å². The molecule has 0 saturated carbocycles. The standard InChI is InChI=1S/C16H25N3O2/c1-5-21-15(20)12-7-6-8-13(17)14(12)19-10-9-18(4)16(2,3)11-19/h6-8H,5,9-11,17H2,1-4H3. The first kappa shape index (κ1) is 15.6. The van der Waals surface area contributed by atoms with Crippen LogP contribution >= 0.6 is 0 Å². The number of hydrogen-bond donors (Lipinski definition) is 1. The zero-order valence-electron chi connectivity index (χ0n) is 13.3. The van der Waals surface area contributed by atoms with E-state index in [2.05, 4.69) is 30.7 Å². The number of nitrogens with zero attached hydrogens (tertiary/aromatic N) is 2. The molecule has 5 heteroatoms. The largest absolute Gasteiger partial charge is 0.462 e. The number of nitrogens with two attached hydrogens (primary N) is 1. The number of nitrogen functional groups attached to an aromatic ring is 1. The molecule has 1 fully saturated rings. The molecular formula is C16H25N3O2. The number of rotatable bonds is 3. The van der Waals surface area contributed by atoms with E-state index >= 15 is 0 Å². The second-order valence-corrected chi connectivity index (χ2v) is 6.12. The maximum absolute atomic E-state index is 12.2. The first-order valence-corrected chi connectivity index (χ1v) is 7.38. The lowest BCUT2D eigenvalue weighted by atomic mass is 9.98. The summed E-state index contributed by atoms with van der Waals surface area (Å²) in [5.74, 6) is -0.309. The SMILES string of the molecule is CCOC(=O)c1cccc(N)c1N1CCN(C)C(C)(C)C1. The van der Waals surface area contributed by atoms with Gasteiger partial charge < -0.3 is 15.4 Å². The third-order valence-corrected chi connectivity index (χ3v) is 4.20. The highest BCUT2D eigenvalue weighted by atomic mass is 16.5. The van der Waals surface area contributed by atoms with Gasteiger partial charge in [-0.2, -0.15) is 0 Å². The lowest BCUT2D eigenvalue weighted by molar-refractivity contribution is 0.0526. The molecule has 0 unspecified atom stereocenters. The molecule has 2 rings (SSSR count). The van der Waals surface area contributed by atoms with Gasteiger partial charge in [-0.15, -0.1) is 0 Å². The number of esters is 1. The smallest absolute Gasteiger partial charge is 0.340 e. The number of benzene rings is 1. The van der Waals surface area contributed by atoms with E-state index in [0.717, 1.165) is 25.3 Å². The highest BCUT2D eigenvalue weighted by molar-refractivity contribution is 5.99. The summed E-state index contributed by atoms with van der Waals surface area (Å²) in [6.45, 7) is 9.17. The Morgan fingerprint density at radius 3 is 2.71 bits per heavy atom. The summed E-state index contributed by atoms with van der Waals surface area (Å²) in [7, 11) is 2.12. The predicted octanol–water partition coefficient (Wildman–Crippen LogP) is 1.98. The van der Waals surface area contributed by atoms with Gasteiger partial charge in [-0.25, -0.2) is 4.79 Å². The molecule has 0 aliphatic carbocycles. The quantitative estimate of drug-likeness (QED) is 0.681.